The van der Waals surface area contributed by atoms with Gasteiger partial charge < -0.3 is 19.5 Å². The second-order valence-electron chi connectivity index (χ2n) is 8.00. The molecule has 4 heterocycles. The van der Waals surface area contributed by atoms with E-state index in [2.05, 4.69) is 21.5 Å². The summed E-state index contributed by atoms with van der Waals surface area (Å²) in [5, 5.41) is 7.47. The molecule has 1 amide bonds. The Hall–Kier alpha value is -3.39. The van der Waals surface area contributed by atoms with Crippen LogP contribution in [0.4, 0.5) is 0 Å². The quantitative estimate of drug-likeness (QED) is 0.642. The summed E-state index contributed by atoms with van der Waals surface area (Å²) in [4.78, 5) is 17.3. The van der Waals surface area contributed by atoms with Gasteiger partial charge in [-0.1, -0.05) is 6.07 Å². The SMILES string of the molecule is CCOCC1CCn2nc(C(=O)N[C@H]3COc4ccc(-c5ccccn5)cc4C3)cc2O1. The number of fused-ring (bicyclic) bond motifs is 2. The Morgan fingerprint density at radius 3 is 3.06 bits per heavy atom. The number of hydrogen-bond acceptors (Lipinski definition) is 6. The first-order valence-electron chi connectivity index (χ1n) is 11.0. The summed E-state index contributed by atoms with van der Waals surface area (Å²) in [7, 11) is 0. The zero-order chi connectivity index (χ0) is 21.9. The Kier molecular flexibility index (Phi) is 5.77. The van der Waals surface area contributed by atoms with Crippen LogP contribution >= 0.6 is 0 Å². The lowest BCUT2D eigenvalue weighted by Gasteiger charge is -2.26. The van der Waals surface area contributed by atoms with Crippen LogP contribution in [0.5, 0.6) is 11.6 Å². The van der Waals surface area contributed by atoms with Crippen molar-refractivity contribution in [1.29, 1.82) is 0 Å². The first kappa shape index (κ1) is 20.5. The fourth-order valence-corrected chi connectivity index (χ4v) is 4.07. The molecular formula is C24H26N4O4. The summed E-state index contributed by atoms with van der Waals surface area (Å²) >= 11 is 0. The van der Waals surface area contributed by atoms with E-state index in [9.17, 15) is 4.79 Å². The van der Waals surface area contributed by atoms with E-state index in [1.807, 2.05) is 37.3 Å². The Balaban J connectivity index is 1.25. The molecule has 1 aromatic carbocycles. The Bertz CT molecular complexity index is 1100. The minimum absolute atomic E-state index is 0.00777. The number of carbonyl (C=O) groups is 1. The summed E-state index contributed by atoms with van der Waals surface area (Å²) < 4.78 is 19.0. The average Bonchev–Trinajstić information content (AvgIpc) is 3.26. The standard InChI is InChI=1S/C24H26N4O4/c1-2-30-15-19-8-10-28-23(32-19)13-21(27-28)24(29)26-18-12-17-11-16(6-7-22(17)31-14-18)20-5-3-4-9-25-20/h3-7,9,11,13,18-19H,2,8,10,12,14-15H2,1H3,(H,26,29)/t18-,19?/m1/s1. The monoisotopic (exact) mass is 434 g/mol. The minimum Gasteiger partial charge on any atom is -0.491 e. The first-order chi connectivity index (χ1) is 15.7. The highest BCUT2D eigenvalue weighted by atomic mass is 16.5. The van der Waals surface area contributed by atoms with Gasteiger partial charge in [-0.2, -0.15) is 5.10 Å². The molecule has 5 rings (SSSR count). The van der Waals surface area contributed by atoms with E-state index in [0.717, 1.165) is 29.0 Å². The number of benzene rings is 1. The highest BCUT2D eigenvalue weighted by molar-refractivity contribution is 5.92. The van der Waals surface area contributed by atoms with E-state index >= 15 is 0 Å². The third-order valence-electron chi connectivity index (χ3n) is 5.70. The van der Waals surface area contributed by atoms with Gasteiger partial charge in [0.25, 0.3) is 5.91 Å². The maximum Gasteiger partial charge on any atom is 0.272 e. The van der Waals surface area contributed by atoms with Gasteiger partial charge in [-0.15, -0.1) is 0 Å². The van der Waals surface area contributed by atoms with Gasteiger partial charge in [-0.05, 0) is 49.2 Å². The lowest BCUT2D eigenvalue weighted by atomic mass is 9.99. The molecule has 32 heavy (non-hydrogen) atoms. The number of nitrogens with one attached hydrogen (secondary N) is 1. The van der Waals surface area contributed by atoms with Gasteiger partial charge in [0.05, 0.1) is 18.3 Å². The van der Waals surface area contributed by atoms with Crippen LogP contribution in [0.3, 0.4) is 0 Å². The van der Waals surface area contributed by atoms with Crippen molar-refractivity contribution < 1.29 is 19.0 Å². The smallest absolute Gasteiger partial charge is 0.272 e. The van der Waals surface area contributed by atoms with Crippen LogP contribution < -0.4 is 14.8 Å². The molecular weight excluding hydrogens is 408 g/mol. The summed E-state index contributed by atoms with van der Waals surface area (Å²) in [5.41, 5.74) is 3.34. The van der Waals surface area contributed by atoms with Crippen LogP contribution in [0.15, 0.2) is 48.7 Å². The van der Waals surface area contributed by atoms with E-state index in [1.165, 1.54) is 0 Å². The molecule has 2 atom stereocenters. The fourth-order valence-electron chi connectivity index (χ4n) is 4.07. The number of carbonyl (C=O) groups excluding carboxylic acids is 1. The molecule has 2 aliphatic rings. The molecule has 3 aromatic rings. The first-order valence-corrected chi connectivity index (χ1v) is 11.0. The molecule has 0 fully saturated rings. The van der Waals surface area contributed by atoms with Crippen molar-refractivity contribution in [2.24, 2.45) is 0 Å². The lowest BCUT2D eigenvalue weighted by Crippen LogP contribution is -2.42. The van der Waals surface area contributed by atoms with Gasteiger partial charge >= 0.3 is 0 Å². The Morgan fingerprint density at radius 1 is 1.28 bits per heavy atom. The number of nitrogens with zero attached hydrogens (tertiary/aromatic N) is 3. The number of pyridine rings is 1. The van der Waals surface area contributed by atoms with Crippen molar-refractivity contribution in [2.45, 2.75) is 38.5 Å². The molecule has 8 nitrogen and oxygen atoms in total. The summed E-state index contributed by atoms with van der Waals surface area (Å²) in [6.07, 6.45) is 3.26. The number of hydrogen-bond donors (Lipinski definition) is 1. The zero-order valence-corrected chi connectivity index (χ0v) is 18.0. The molecule has 2 aromatic heterocycles. The lowest BCUT2D eigenvalue weighted by molar-refractivity contribution is 0.0309. The van der Waals surface area contributed by atoms with E-state index in [-0.39, 0.29) is 18.1 Å². The van der Waals surface area contributed by atoms with Crippen LogP contribution in [0, 0.1) is 0 Å². The van der Waals surface area contributed by atoms with Crippen molar-refractivity contribution in [3.05, 3.63) is 59.9 Å². The van der Waals surface area contributed by atoms with Crippen LogP contribution in [-0.2, 0) is 17.7 Å². The predicted molar refractivity (Wildman–Crippen MR) is 118 cm³/mol. The number of aryl methyl sites for hydroxylation is 1. The van der Waals surface area contributed by atoms with Crippen molar-refractivity contribution in [3.63, 3.8) is 0 Å². The largest absolute Gasteiger partial charge is 0.491 e. The van der Waals surface area contributed by atoms with Crippen molar-refractivity contribution >= 4 is 5.91 Å². The normalized spacial score (nSPS) is 19.3. The van der Waals surface area contributed by atoms with E-state index in [4.69, 9.17) is 14.2 Å². The van der Waals surface area contributed by atoms with Crippen LogP contribution in [0.2, 0.25) is 0 Å². The summed E-state index contributed by atoms with van der Waals surface area (Å²) in [6, 6.07) is 13.5. The fraction of sp³-hybridized carbons (Fsp3) is 0.375. The molecule has 166 valence electrons. The molecule has 0 saturated carbocycles. The second kappa shape index (κ2) is 9.00. The molecule has 0 bridgehead atoms. The topological polar surface area (TPSA) is 87.5 Å². The maximum absolute atomic E-state index is 12.9. The van der Waals surface area contributed by atoms with Crippen LogP contribution in [0.1, 0.15) is 29.4 Å². The highest BCUT2D eigenvalue weighted by Crippen LogP contribution is 2.30. The van der Waals surface area contributed by atoms with Crippen molar-refractivity contribution in [3.8, 4) is 22.9 Å². The number of amides is 1. The van der Waals surface area contributed by atoms with Gasteiger partial charge in [-0.3, -0.25) is 9.78 Å². The summed E-state index contributed by atoms with van der Waals surface area (Å²) in [5.74, 6) is 1.23. The maximum atomic E-state index is 12.9. The molecule has 8 heteroatoms. The third-order valence-corrected chi connectivity index (χ3v) is 5.70. The van der Waals surface area contributed by atoms with Gasteiger partial charge in [0, 0.05) is 37.4 Å². The van der Waals surface area contributed by atoms with Gasteiger partial charge in [-0.25, -0.2) is 4.68 Å². The molecule has 0 spiro atoms. The zero-order valence-electron chi connectivity index (χ0n) is 18.0. The Labute approximate surface area is 186 Å². The minimum atomic E-state index is -0.227. The second-order valence-corrected chi connectivity index (χ2v) is 8.00. The molecule has 0 saturated heterocycles. The number of rotatable bonds is 6. The van der Waals surface area contributed by atoms with E-state index in [0.29, 0.717) is 44.4 Å². The number of ether oxygens (including phenoxy) is 3. The van der Waals surface area contributed by atoms with Gasteiger partial charge in [0.15, 0.2) is 5.69 Å². The molecule has 1 unspecified atom stereocenters. The molecule has 2 aliphatic heterocycles. The van der Waals surface area contributed by atoms with Gasteiger partial charge in [0.1, 0.15) is 18.5 Å². The van der Waals surface area contributed by atoms with Crippen molar-refractivity contribution in [2.75, 3.05) is 19.8 Å². The predicted octanol–water partition coefficient (Wildman–Crippen LogP) is 2.87. The Morgan fingerprint density at radius 2 is 2.22 bits per heavy atom. The van der Waals surface area contributed by atoms with E-state index in [1.54, 1.807) is 16.9 Å². The molecule has 0 aliphatic carbocycles. The molecule has 0 radical (unpaired) electrons. The summed E-state index contributed by atoms with van der Waals surface area (Å²) in [6.45, 7) is 4.28. The van der Waals surface area contributed by atoms with Crippen LogP contribution in [-0.4, -0.2) is 52.6 Å². The molecule has 1 N–H and O–H groups in total. The average molecular weight is 434 g/mol. The number of aromatic nitrogens is 3. The van der Waals surface area contributed by atoms with Crippen molar-refractivity contribution in [1.82, 2.24) is 20.1 Å². The van der Waals surface area contributed by atoms with E-state index < -0.39 is 0 Å². The van der Waals surface area contributed by atoms with Gasteiger partial charge in [0.2, 0.25) is 5.88 Å². The highest BCUT2D eigenvalue weighted by Gasteiger charge is 2.27. The third kappa shape index (κ3) is 4.31. The van der Waals surface area contributed by atoms with Crippen LogP contribution in [0.25, 0.3) is 11.3 Å².